The SMILES string of the molecule is CC(C)(C)OC(=O)N1CCN(c2ccc(Nc3ncc4ccc(N)nc4n3)cc2)CC1.CC(C)(C)OC(=O)N1CCN(c2ccc(Nc3ncc4ccc(NC(=O)n5ccnc5)nc4n3)cc2)CC1.O=C(Nc1ccc2cnc(Nc3ccc(N4CCNCC4)cc3)nc2n1)NC1CCCC1.[HH]. The van der Waals surface area contributed by atoms with E-state index in [1.807, 2.05) is 114 Å². The Hall–Kier alpha value is -11.8. The number of anilines is 12. The molecule has 9 N–H and O–H groups in total. The molecule has 1 saturated carbocycles. The summed E-state index contributed by atoms with van der Waals surface area (Å²) < 4.78 is 12.3. The molecule has 0 bridgehead atoms. The molecule has 3 saturated heterocycles. The van der Waals surface area contributed by atoms with Crippen LogP contribution in [0, 0.1) is 0 Å². The molecule has 7 aromatic heterocycles. The van der Waals surface area contributed by atoms with Gasteiger partial charge in [0.25, 0.3) is 0 Å². The Morgan fingerprint density at radius 2 is 0.901 bits per heavy atom. The largest absolute Gasteiger partial charge is 0.444 e. The Kier molecular flexibility index (Phi) is 21.5. The van der Waals surface area contributed by atoms with Gasteiger partial charge in [-0.25, -0.2) is 54.1 Å². The number of hydrogen-bond acceptors (Lipinski definition) is 24. The van der Waals surface area contributed by atoms with Crippen molar-refractivity contribution in [1.82, 2.24) is 74.8 Å². The maximum absolute atomic E-state index is 12.3. The minimum absolute atomic E-state index is 0. The van der Waals surface area contributed by atoms with Crippen LogP contribution in [0.4, 0.5) is 88.6 Å². The highest BCUT2D eigenvalue weighted by Crippen LogP contribution is 2.28. The molecular formula is C71H86N24O6. The fraction of sp³-hybridized carbons (Fsp3) is 0.352. The molecule has 30 nitrogen and oxygen atoms in total. The summed E-state index contributed by atoms with van der Waals surface area (Å²) in [6.45, 7) is 20.8. The van der Waals surface area contributed by atoms with Gasteiger partial charge in [0.05, 0.1) is 0 Å². The van der Waals surface area contributed by atoms with Crippen LogP contribution in [0.5, 0.6) is 0 Å². The van der Waals surface area contributed by atoms with E-state index in [0.29, 0.717) is 78.4 Å². The van der Waals surface area contributed by atoms with Crippen molar-refractivity contribution in [2.75, 3.05) is 126 Å². The maximum Gasteiger partial charge on any atom is 0.410 e. The Morgan fingerprint density at radius 1 is 0.495 bits per heavy atom. The summed E-state index contributed by atoms with van der Waals surface area (Å²) in [4.78, 5) is 103. The maximum atomic E-state index is 12.3. The number of piperazine rings is 3. The molecule has 0 radical (unpaired) electrons. The van der Waals surface area contributed by atoms with Gasteiger partial charge >= 0.3 is 24.2 Å². The average molecular weight is 1370 g/mol. The number of nitrogens with zero attached hydrogens (tertiary/aromatic N) is 16. The number of ether oxygens (including phenoxy) is 2. The summed E-state index contributed by atoms with van der Waals surface area (Å²) in [5.74, 6) is 2.59. The van der Waals surface area contributed by atoms with Gasteiger partial charge in [0.15, 0.2) is 16.9 Å². The van der Waals surface area contributed by atoms with Crippen LogP contribution in [0.2, 0.25) is 0 Å². The van der Waals surface area contributed by atoms with Crippen molar-refractivity contribution < 1.29 is 30.1 Å². The van der Waals surface area contributed by atoms with Crippen molar-refractivity contribution in [3.63, 3.8) is 0 Å². The van der Waals surface area contributed by atoms with Gasteiger partial charge in [-0.05, 0) is 164 Å². The second-order valence-electron chi connectivity index (χ2n) is 26.6. The minimum atomic E-state index is -0.499. The highest BCUT2D eigenvalue weighted by Gasteiger charge is 2.28. The Balaban J connectivity index is 0.000000154. The molecule has 0 unspecified atom stereocenters. The highest BCUT2D eigenvalue weighted by atomic mass is 16.6. The third-order valence-electron chi connectivity index (χ3n) is 16.7. The molecule has 3 aromatic carbocycles. The van der Waals surface area contributed by atoms with Gasteiger partial charge in [-0.3, -0.25) is 15.2 Å². The number of urea groups is 1. The van der Waals surface area contributed by atoms with Crippen molar-refractivity contribution >= 4 is 127 Å². The zero-order valence-corrected chi connectivity index (χ0v) is 57.4. The lowest BCUT2D eigenvalue weighted by Crippen LogP contribution is -2.50. The molecule has 30 heteroatoms. The van der Waals surface area contributed by atoms with E-state index in [1.54, 1.807) is 58.9 Å². The van der Waals surface area contributed by atoms with E-state index < -0.39 is 11.2 Å². The number of carbonyl (C=O) groups excluding carboxylic acids is 4. The summed E-state index contributed by atoms with van der Waals surface area (Å²) in [5, 5.41) is 23.9. The number of hydrogen-bond donors (Lipinski definition) is 8. The number of amides is 5. The van der Waals surface area contributed by atoms with Crippen molar-refractivity contribution in [2.24, 2.45) is 0 Å². The van der Waals surface area contributed by atoms with E-state index in [1.165, 1.54) is 35.6 Å². The van der Waals surface area contributed by atoms with Crippen LogP contribution in [-0.2, 0) is 9.47 Å². The van der Waals surface area contributed by atoms with Gasteiger partial charge in [-0.15, -0.1) is 0 Å². The molecule has 0 atom stereocenters. The number of rotatable bonds is 12. The number of aromatic nitrogens is 11. The third kappa shape index (κ3) is 19.3. The molecule has 10 aromatic rings. The van der Waals surface area contributed by atoms with Gasteiger partial charge in [0, 0.05) is 167 Å². The highest BCUT2D eigenvalue weighted by molar-refractivity contribution is 5.92. The third-order valence-corrected chi connectivity index (χ3v) is 16.7. The lowest BCUT2D eigenvalue weighted by Gasteiger charge is -2.36. The molecular weight excluding hydrogens is 1280 g/mol. The van der Waals surface area contributed by atoms with E-state index in [4.69, 9.17) is 15.2 Å². The number of fused-ring (bicyclic) bond motifs is 3. The van der Waals surface area contributed by atoms with Crippen LogP contribution in [0.1, 0.15) is 68.7 Å². The topological polar surface area (TPSA) is 347 Å². The Bertz CT molecular complexity index is 4480. The van der Waals surface area contributed by atoms with Gasteiger partial charge in [-0.2, -0.15) is 15.0 Å². The standard InChI is InChI=1S/C26H29N9O3.C23H28N8O.C22H27N7O2.H2/c1-26(2,3)38-25(37)34-14-12-33(13-15-34)20-7-5-19(6-8-20)29-23-28-16-18-4-9-21(30-22(18)32-23)31-24(36)35-11-10-27-17-35;32-23(27-17-3-1-2-4-17)29-20-10-5-16-15-25-22(30-21(16)28-20)26-18-6-8-19(9-7-18)31-13-11-24-12-14-31;1-22(2,3)31-21(30)29-12-10-28(11-13-29)17-7-5-16(6-8-17)25-20-24-14-15-4-9-18(23)26-19(15)27-20;/h4-11,16-17H,12-15H2,1-3H3,(H2,28,29,30,31,32,36);5-10,15,17,24H,1-4,11-14H2,(H3,25,26,27,28,29,30,32);4-9,14H,10-13H2,1-3H3,(H3,23,24,25,26,27);1H. The first-order chi connectivity index (χ1) is 48.7. The number of nitrogens with one attached hydrogen (secondary N) is 7. The first kappa shape index (κ1) is 69.1. The smallest absolute Gasteiger partial charge is 0.410 e. The molecule has 0 spiro atoms. The molecule has 4 fully saturated rings. The van der Waals surface area contributed by atoms with Crippen LogP contribution < -0.4 is 57.7 Å². The van der Waals surface area contributed by atoms with E-state index >= 15 is 0 Å². The predicted molar refractivity (Wildman–Crippen MR) is 394 cm³/mol. The summed E-state index contributed by atoms with van der Waals surface area (Å²) in [6.07, 6.45) is 13.5. The number of carbonyl (C=O) groups is 4. The molecule has 526 valence electrons. The van der Waals surface area contributed by atoms with Crippen LogP contribution >= 0.6 is 0 Å². The molecule has 3 aliphatic heterocycles. The van der Waals surface area contributed by atoms with Crippen LogP contribution in [0.3, 0.4) is 0 Å². The average Bonchev–Trinajstić information content (AvgIpc) is 0.900. The minimum Gasteiger partial charge on any atom is -0.444 e. The fourth-order valence-corrected chi connectivity index (χ4v) is 11.5. The second kappa shape index (κ2) is 31.4. The number of imidazole rings is 1. The Morgan fingerprint density at radius 3 is 1.32 bits per heavy atom. The molecule has 10 heterocycles. The Labute approximate surface area is 585 Å². The quantitative estimate of drug-likeness (QED) is 0.0563. The first-order valence-electron chi connectivity index (χ1n) is 33.8. The fourth-order valence-electron chi connectivity index (χ4n) is 11.5. The number of nitrogens with two attached hydrogens (primary N) is 1. The van der Waals surface area contributed by atoms with Crippen molar-refractivity contribution in [2.45, 2.75) is 84.5 Å². The van der Waals surface area contributed by atoms with Crippen LogP contribution in [0.25, 0.3) is 33.1 Å². The summed E-state index contributed by atoms with van der Waals surface area (Å²) in [7, 11) is 0. The second-order valence-corrected chi connectivity index (χ2v) is 26.6. The summed E-state index contributed by atoms with van der Waals surface area (Å²) >= 11 is 0. The number of benzene rings is 3. The summed E-state index contributed by atoms with van der Waals surface area (Å²) in [6, 6.07) is 34.7. The molecule has 101 heavy (non-hydrogen) atoms. The molecule has 14 rings (SSSR count). The predicted octanol–water partition coefficient (Wildman–Crippen LogP) is 11.0. The van der Waals surface area contributed by atoms with E-state index in [9.17, 15) is 19.2 Å². The van der Waals surface area contributed by atoms with Crippen LogP contribution in [0.15, 0.2) is 147 Å². The van der Waals surface area contributed by atoms with Gasteiger partial charge in [0.1, 0.15) is 35.0 Å². The molecule has 5 amide bonds. The van der Waals surface area contributed by atoms with Gasteiger partial charge in [0.2, 0.25) is 17.8 Å². The van der Waals surface area contributed by atoms with Crippen LogP contribution in [-0.4, -0.2) is 184 Å². The monoisotopic (exact) mass is 1370 g/mol. The number of nitrogen functional groups attached to an aromatic ring is 1. The molecule has 1 aliphatic carbocycles. The van der Waals surface area contributed by atoms with Gasteiger partial charge in [-0.1, -0.05) is 12.8 Å². The zero-order chi connectivity index (χ0) is 70.5. The first-order valence-corrected chi connectivity index (χ1v) is 33.8. The van der Waals surface area contributed by atoms with E-state index in [0.717, 1.165) is 110 Å². The van der Waals surface area contributed by atoms with Gasteiger partial charge < -0.3 is 66.3 Å². The van der Waals surface area contributed by atoms with Crippen molar-refractivity contribution in [3.05, 3.63) is 147 Å². The normalized spacial score (nSPS) is 15.0. The van der Waals surface area contributed by atoms with Crippen molar-refractivity contribution in [3.8, 4) is 0 Å². The van der Waals surface area contributed by atoms with Crippen molar-refractivity contribution in [1.29, 1.82) is 0 Å². The molecule has 4 aliphatic rings. The summed E-state index contributed by atoms with van der Waals surface area (Å²) in [5.41, 5.74) is 12.3. The van der Waals surface area contributed by atoms with E-state index in [2.05, 4.69) is 114 Å². The van der Waals surface area contributed by atoms with E-state index in [-0.39, 0.29) is 31.7 Å². The number of pyridine rings is 3. The lowest BCUT2D eigenvalue weighted by atomic mass is 10.2. The lowest BCUT2D eigenvalue weighted by molar-refractivity contribution is 0.0230. The zero-order valence-electron chi connectivity index (χ0n) is 57.4.